The van der Waals surface area contributed by atoms with Crippen molar-refractivity contribution in [2.75, 3.05) is 0 Å². The molecular formula is C13H8FNO4. The van der Waals surface area contributed by atoms with Crippen LogP contribution in [0.25, 0.3) is 11.1 Å². The van der Waals surface area contributed by atoms with E-state index in [-0.39, 0.29) is 11.3 Å². The highest BCUT2D eigenvalue weighted by Crippen LogP contribution is 2.29. The van der Waals surface area contributed by atoms with Crippen molar-refractivity contribution in [3.8, 4) is 16.9 Å². The number of hydrogen-bond donors (Lipinski definition) is 1. The van der Waals surface area contributed by atoms with Crippen LogP contribution in [0, 0.1) is 15.9 Å². The van der Waals surface area contributed by atoms with Gasteiger partial charge in [-0.3, -0.25) is 14.9 Å². The highest BCUT2D eigenvalue weighted by Gasteiger charge is 2.15. The highest BCUT2D eigenvalue weighted by molar-refractivity contribution is 5.83. The van der Waals surface area contributed by atoms with E-state index in [0.717, 1.165) is 12.1 Å². The summed E-state index contributed by atoms with van der Waals surface area (Å²) in [6.45, 7) is 0. The average molecular weight is 261 g/mol. The molecule has 0 bridgehead atoms. The molecule has 19 heavy (non-hydrogen) atoms. The summed E-state index contributed by atoms with van der Waals surface area (Å²) in [6, 6.07) is 7.59. The Bertz CT molecular complexity index is 670. The molecule has 0 radical (unpaired) electrons. The normalized spacial score (nSPS) is 10.2. The van der Waals surface area contributed by atoms with Crippen LogP contribution >= 0.6 is 0 Å². The molecule has 0 aliphatic rings. The predicted molar refractivity (Wildman–Crippen MR) is 65.5 cm³/mol. The van der Waals surface area contributed by atoms with Crippen molar-refractivity contribution < 1.29 is 19.2 Å². The largest absolute Gasteiger partial charge is 0.507 e. The van der Waals surface area contributed by atoms with E-state index in [0.29, 0.717) is 17.4 Å². The number of aromatic hydroxyl groups is 1. The molecule has 2 aromatic carbocycles. The lowest BCUT2D eigenvalue weighted by Gasteiger charge is -2.04. The van der Waals surface area contributed by atoms with Crippen LogP contribution in [0.15, 0.2) is 36.4 Å². The first-order valence-corrected chi connectivity index (χ1v) is 5.25. The minimum absolute atomic E-state index is 0.0597. The Morgan fingerprint density at radius 1 is 1.16 bits per heavy atom. The molecule has 0 saturated heterocycles. The van der Waals surface area contributed by atoms with Gasteiger partial charge in [-0.25, -0.2) is 0 Å². The van der Waals surface area contributed by atoms with E-state index in [2.05, 4.69) is 0 Å². The predicted octanol–water partition coefficient (Wildman–Crippen LogP) is 2.92. The summed E-state index contributed by atoms with van der Waals surface area (Å²) in [6.07, 6.45) is 0.469. The van der Waals surface area contributed by atoms with Crippen LogP contribution in [0.5, 0.6) is 5.75 Å². The van der Waals surface area contributed by atoms with Crippen LogP contribution < -0.4 is 0 Å². The molecule has 0 aliphatic heterocycles. The Morgan fingerprint density at radius 3 is 2.42 bits per heavy atom. The molecule has 0 unspecified atom stereocenters. The average Bonchev–Trinajstić information content (AvgIpc) is 2.39. The maximum absolute atomic E-state index is 13.2. The zero-order chi connectivity index (χ0) is 14.0. The maximum Gasteiger partial charge on any atom is 0.305 e. The molecule has 5 nitrogen and oxygen atoms in total. The monoisotopic (exact) mass is 261 g/mol. The lowest BCUT2D eigenvalue weighted by Crippen LogP contribution is -1.93. The van der Waals surface area contributed by atoms with Gasteiger partial charge in [0.15, 0.2) is 6.29 Å². The fraction of sp³-hybridized carbons (Fsp3) is 0. The van der Waals surface area contributed by atoms with Crippen LogP contribution in [0.3, 0.4) is 0 Å². The van der Waals surface area contributed by atoms with Gasteiger partial charge in [-0.2, -0.15) is 4.39 Å². The Hall–Kier alpha value is -2.76. The first-order valence-electron chi connectivity index (χ1n) is 5.25. The van der Waals surface area contributed by atoms with Crippen LogP contribution in [0.2, 0.25) is 0 Å². The third-order valence-corrected chi connectivity index (χ3v) is 2.63. The maximum atomic E-state index is 13.2. The Kier molecular flexibility index (Phi) is 3.24. The van der Waals surface area contributed by atoms with Crippen molar-refractivity contribution in [1.29, 1.82) is 0 Å². The van der Waals surface area contributed by atoms with Gasteiger partial charge in [-0.05, 0) is 29.3 Å². The van der Waals surface area contributed by atoms with Gasteiger partial charge in [0.25, 0.3) is 0 Å². The number of carbonyl (C=O) groups is 1. The quantitative estimate of drug-likeness (QED) is 0.523. The topological polar surface area (TPSA) is 80.4 Å². The molecule has 0 spiro atoms. The van der Waals surface area contributed by atoms with Crippen LogP contribution in [-0.2, 0) is 0 Å². The summed E-state index contributed by atoms with van der Waals surface area (Å²) in [5.74, 6) is -1.11. The van der Waals surface area contributed by atoms with E-state index >= 15 is 0 Å². The number of rotatable bonds is 3. The van der Waals surface area contributed by atoms with Gasteiger partial charge in [0.2, 0.25) is 5.82 Å². The van der Waals surface area contributed by atoms with Gasteiger partial charge in [0.05, 0.1) is 10.5 Å². The van der Waals surface area contributed by atoms with Crippen molar-refractivity contribution in [3.05, 3.63) is 57.9 Å². The fourth-order valence-corrected chi connectivity index (χ4v) is 1.66. The molecule has 0 aliphatic carbocycles. The number of halogens is 1. The molecule has 0 amide bonds. The number of aldehydes is 1. The molecule has 6 heteroatoms. The molecule has 96 valence electrons. The van der Waals surface area contributed by atoms with Gasteiger partial charge < -0.3 is 5.11 Å². The smallest absolute Gasteiger partial charge is 0.305 e. The van der Waals surface area contributed by atoms with E-state index in [1.807, 2.05) is 0 Å². The van der Waals surface area contributed by atoms with Gasteiger partial charge in [0.1, 0.15) is 5.75 Å². The molecule has 0 fully saturated rings. The van der Waals surface area contributed by atoms with E-state index < -0.39 is 16.4 Å². The first-order chi connectivity index (χ1) is 9.02. The second-order valence-electron chi connectivity index (χ2n) is 3.81. The molecule has 0 aromatic heterocycles. The summed E-state index contributed by atoms with van der Waals surface area (Å²) in [5.41, 5.74) is 0.280. The summed E-state index contributed by atoms with van der Waals surface area (Å²) in [7, 11) is 0. The van der Waals surface area contributed by atoms with Crippen molar-refractivity contribution in [2.45, 2.75) is 0 Å². The summed E-state index contributed by atoms with van der Waals surface area (Å²) in [5, 5.41) is 20.0. The summed E-state index contributed by atoms with van der Waals surface area (Å²) >= 11 is 0. The van der Waals surface area contributed by atoms with Crippen LogP contribution in [0.4, 0.5) is 10.1 Å². The minimum atomic E-state index is -0.928. The van der Waals surface area contributed by atoms with Crippen molar-refractivity contribution in [1.82, 2.24) is 0 Å². The number of carbonyl (C=O) groups excluding carboxylic acids is 1. The second-order valence-corrected chi connectivity index (χ2v) is 3.81. The number of phenols is 1. The molecule has 0 saturated carbocycles. The SMILES string of the molecule is O=Cc1cc(-c2ccc(F)c([N+](=O)[O-])c2)ccc1O. The number of nitro groups is 1. The number of benzene rings is 2. The third kappa shape index (κ3) is 2.42. The highest BCUT2D eigenvalue weighted by atomic mass is 19.1. The Labute approximate surface area is 107 Å². The lowest BCUT2D eigenvalue weighted by atomic mass is 10.0. The third-order valence-electron chi connectivity index (χ3n) is 2.63. The molecule has 2 aromatic rings. The summed E-state index contributed by atoms with van der Waals surface area (Å²) < 4.78 is 13.2. The van der Waals surface area contributed by atoms with E-state index in [1.54, 1.807) is 0 Å². The summed E-state index contributed by atoms with van der Waals surface area (Å²) in [4.78, 5) is 20.5. The van der Waals surface area contributed by atoms with Crippen LogP contribution in [0.1, 0.15) is 10.4 Å². The molecular weight excluding hydrogens is 253 g/mol. The van der Waals surface area contributed by atoms with Crippen LogP contribution in [-0.4, -0.2) is 16.3 Å². The standard InChI is InChI=1S/C13H8FNO4/c14-11-3-1-9(6-12(11)15(18)19)8-2-4-13(17)10(5-8)7-16/h1-7,17H. The molecule has 0 atom stereocenters. The van der Waals surface area contributed by atoms with E-state index in [1.165, 1.54) is 24.3 Å². The number of nitro benzene ring substituents is 1. The molecule has 2 rings (SSSR count). The number of phenolic OH excluding ortho intramolecular Hbond substituents is 1. The Morgan fingerprint density at radius 2 is 1.79 bits per heavy atom. The zero-order valence-electron chi connectivity index (χ0n) is 9.54. The molecule has 0 heterocycles. The van der Waals surface area contributed by atoms with Crippen molar-refractivity contribution >= 4 is 12.0 Å². The van der Waals surface area contributed by atoms with Gasteiger partial charge in [-0.1, -0.05) is 12.1 Å². The van der Waals surface area contributed by atoms with Crippen molar-refractivity contribution in [3.63, 3.8) is 0 Å². The van der Waals surface area contributed by atoms with Gasteiger partial charge in [-0.15, -0.1) is 0 Å². The minimum Gasteiger partial charge on any atom is -0.507 e. The zero-order valence-corrected chi connectivity index (χ0v) is 9.54. The molecule has 1 N–H and O–H groups in total. The van der Waals surface area contributed by atoms with Crippen molar-refractivity contribution in [2.24, 2.45) is 0 Å². The fourth-order valence-electron chi connectivity index (χ4n) is 1.66. The second kappa shape index (κ2) is 4.85. The lowest BCUT2D eigenvalue weighted by molar-refractivity contribution is -0.387. The van der Waals surface area contributed by atoms with E-state index in [4.69, 9.17) is 0 Å². The number of hydrogen-bond acceptors (Lipinski definition) is 4. The van der Waals surface area contributed by atoms with Gasteiger partial charge in [0, 0.05) is 6.07 Å². The first kappa shape index (κ1) is 12.7. The van der Waals surface area contributed by atoms with E-state index in [9.17, 15) is 24.4 Å². The van der Waals surface area contributed by atoms with Gasteiger partial charge >= 0.3 is 5.69 Å². The Balaban J connectivity index is 2.56. The number of nitrogens with zero attached hydrogens (tertiary/aromatic N) is 1.